The molecule has 0 heteroatoms. The predicted octanol–water partition coefficient (Wildman–Crippen LogP) is 11.1. The first kappa shape index (κ1) is 27.0. The van der Waals surface area contributed by atoms with Crippen molar-refractivity contribution in [3.8, 4) is 0 Å². The van der Waals surface area contributed by atoms with Gasteiger partial charge in [0.15, 0.2) is 0 Å². The summed E-state index contributed by atoms with van der Waals surface area (Å²) in [6, 6.07) is 0. The van der Waals surface area contributed by atoms with E-state index in [0.717, 1.165) is 59.2 Å². The SMILES string of the molecule is CC1CCCC1.CCCCC1CC(CCCC)CC(C2CC3CC(C)CC3C3CCCCC23)C1. The molecule has 0 aromatic heterocycles. The van der Waals surface area contributed by atoms with Crippen molar-refractivity contribution in [3.63, 3.8) is 0 Å². The molecule has 0 spiro atoms. The van der Waals surface area contributed by atoms with Crippen LogP contribution in [0.25, 0.3) is 0 Å². The summed E-state index contributed by atoms with van der Waals surface area (Å²) in [6.45, 7) is 9.69. The van der Waals surface area contributed by atoms with E-state index in [1.165, 1.54) is 51.4 Å². The van der Waals surface area contributed by atoms with E-state index in [1.54, 1.807) is 77.0 Å². The fourth-order valence-corrected chi connectivity index (χ4v) is 10.1. The van der Waals surface area contributed by atoms with Crippen LogP contribution in [0, 0.1) is 59.2 Å². The van der Waals surface area contributed by atoms with Crippen molar-refractivity contribution in [1.29, 1.82) is 0 Å². The molecule has 0 aromatic carbocycles. The molecule has 0 saturated heterocycles. The third kappa shape index (κ3) is 7.06. The Kier molecular flexibility index (Phi) is 10.8. The van der Waals surface area contributed by atoms with Gasteiger partial charge >= 0.3 is 0 Å². The predicted molar refractivity (Wildman–Crippen MR) is 150 cm³/mol. The van der Waals surface area contributed by atoms with Crippen molar-refractivity contribution >= 4 is 0 Å². The molecule has 5 aliphatic rings. The molecule has 5 saturated carbocycles. The highest BCUT2D eigenvalue weighted by Gasteiger charge is 2.50. The van der Waals surface area contributed by atoms with Crippen LogP contribution in [-0.2, 0) is 0 Å². The Morgan fingerprint density at radius 1 is 0.471 bits per heavy atom. The Hall–Kier alpha value is 0. The summed E-state index contributed by atoms with van der Waals surface area (Å²) in [4.78, 5) is 0. The van der Waals surface area contributed by atoms with Gasteiger partial charge < -0.3 is 0 Å². The summed E-state index contributed by atoms with van der Waals surface area (Å²) in [5.74, 6) is 10.9. The summed E-state index contributed by atoms with van der Waals surface area (Å²) in [7, 11) is 0. The second kappa shape index (κ2) is 13.5. The van der Waals surface area contributed by atoms with Gasteiger partial charge in [0.05, 0.1) is 0 Å². The molecule has 5 aliphatic carbocycles. The molecule has 0 aliphatic heterocycles. The number of fused-ring (bicyclic) bond motifs is 3. The molecule has 0 N–H and O–H groups in total. The fourth-order valence-electron chi connectivity index (χ4n) is 10.1. The van der Waals surface area contributed by atoms with Crippen LogP contribution >= 0.6 is 0 Å². The van der Waals surface area contributed by atoms with Crippen LogP contribution in [0.1, 0.15) is 156 Å². The molecule has 8 atom stereocenters. The van der Waals surface area contributed by atoms with Crippen molar-refractivity contribution in [2.24, 2.45) is 59.2 Å². The second-order valence-corrected chi connectivity index (χ2v) is 14.4. The molecule has 34 heavy (non-hydrogen) atoms. The molecule has 5 rings (SSSR count). The Labute approximate surface area is 215 Å². The Balaban J connectivity index is 0.000000398. The molecule has 0 nitrogen and oxygen atoms in total. The molecule has 198 valence electrons. The van der Waals surface area contributed by atoms with Crippen LogP contribution < -0.4 is 0 Å². The first-order valence-electron chi connectivity index (χ1n) is 16.6. The Bertz CT molecular complexity index is 542. The summed E-state index contributed by atoms with van der Waals surface area (Å²) >= 11 is 0. The average Bonchev–Trinajstić information content (AvgIpc) is 3.49. The maximum atomic E-state index is 2.56. The minimum Gasteiger partial charge on any atom is -0.0654 e. The van der Waals surface area contributed by atoms with Gasteiger partial charge in [0.2, 0.25) is 0 Å². The van der Waals surface area contributed by atoms with Crippen LogP contribution in [0.2, 0.25) is 0 Å². The first-order chi connectivity index (χ1) is 16.6. The summed E-state index contributed by atoms with van der Waals surface area (Å²) in [6.07, 6.45) is 30.7. The van der Waals surface area contributed by atoms with Gasteiger partial charge in [0.1, 0.15) is 0 Å². The van der Waals surface area contributed by atoms with Gasteiger partial charge in [0, 0.05) is 0 Å². The molecule has 0 radical (unpaired) electrons. The van der Waals surface area contributed by atoms with Crippen LogP contribution in [0.15, 0.2) is 0 Å². The van der Waals surface area contributed by atoms with Crippen molar-refractivity contribution in [3.05, 3.63) is 0 Å². The van der Waals surface area contributed by atoms with Gasteiger partial charge in [-0.25, -0.2) is 0 Å². The quantitative estimate of drug-likeness (QED) is 0.347. The third-order valence-corrected chi connectivity index (χ3v) is 11.7. The van der Waals surface area contributed by atoms with Gasteiger partial charge in [-0.1, -0.05) is 105 Å². The highest BCUT2D eigenvalue weighted by molar-refractivity contribution is 5.00. The van der Waals surface area contributed by atoms with Crippen molar-refractivity contribution in [1.82, 2.24) is 0 Å². The highest BCUT2D eigenvalue weighted by Crippen LogP contribution is 2.59. The molecule has 0 aromatic rings. The van der Waals surface area contributed by atoms with Crippen molar-refractivity contribution < 1.29 is 0 Å². The van der Waals surface area contributed by atoms with E-state index in [2.05, 4.69) is 27.7 Å². The molecular weight excluding hydrogens is 408 g/mol. The monoisotopic (exact) mass is 470 g/mol. The maximum Gasteiger partial charge on any atom is -0.0352 e. The van der Waals surface area contributed by atoms with Gasteiger partial charge in [-0.05, 0) is 111 Å². The molecule has 5 fully saturated rings. The van der Waals surface area contributed by atoms with Crippen LogP contribution in [0.4, 0.5) is 0 Å². The Morgan fingerprint density at radius 2 is 0.971 bits per heavy atom. The van der Waals surface area contributed by atoms with E-state index >= 15 is 0 Å². The second-order valence-electron chi connectivity index (χ2n) is 14.4. The van der Waals surface area contributed by atoms with Crippen molar-refractivity contribution in [2.45, 2.75) is 156 Å². The number of hydrogen-bond donors (Lipinski definition) is 0. The smallest absolute Gasteiger partial charge is 0.0352 e. The largest absolute Gasteiger partial charge is 0.0654 e. The van der Waals surface area contributed by atoms with Gasteiger partial charge in [-0.3, -0.25) is 0 Å². The van der Waals surface area contributed by atoms with Gasteiger partial charge in [-0.15, -0.1) is 0 Å². The summed E-state index contributed by atoms with van der Waals surface area (Å²) < 4.78 is 0. The normalized spacial score (nSPS) is 42.5. The lowest BCUT2D eigenvalue weighted by Gasteiger charge is -2.52. The summed E-state index contributed by atoms with van der Waals surface area (Å²) in [5, 5.41) is 0. The molecule has 0 heterocycles. The zero-order chi connectivity index (χ0) is 23.9. The van der Waals surface area contributed by atoms with Crippen molar-refractivity contribution in [2.75, 3.05) is 0 Å². The third-order valence-electron chi connectivity index (χ3n) is 11.7. The number of unbranched alkanes of at least 4 members (excludes halogenated alkanes) is 2. The zero-order valence-corrected chi connectivity index (χ0v) is 23.9. The van der Waals surface area contributed by atoms with Crippen LogP contribution in [-0.4, -0.2) is 0 Å². The Morgan fingerprint density at radius 3 is 1.47 bits per heavy atom. The lowest BCUT2D eigenvalue weighted by molar-refractivity contribution is -0.0271. The molecule has 0 amide bonds. The topological polar surface area (TPSA) is 0 Å². The minimum absolute atomic E-state index is 1.03. The van der Waals surface area contributed by atoms with Crippen LogP contribution in [0.5, 0.6) is 0 Å². The number of hydrogen-bond acceptors (Lipinski definition) is 0. The fraction of sp³-hybridized carbons (Fsp3) is 1.00. The maximum absolute atomic E-state index is 2.56. The van der Waals surface area contributed by atoms with E-state index in [0.29, 0.717) is 0 Å². The lowest BCUT2D eigenvalue weighted by atomic mass is 9.53. The minimum atomic E-state index is 1.03. The molecule has 0 bridgehead atoms. The highest BCUT2D eigenvalue weighted by atomic mass is 14.6. The van der Waals surface area contributed by atoms with Crippen LogP contribution in [0.3, 0.4) is 0 Å². The zero-order valence-electron chi connectivity index (χ0n) is 23.9. The molecular formula is C34H62. The standard InChI is InChI=1S/C28H50.C6H12/c1-4-6-10-21-16-22(11-7-5-2)18-24(17-21)28-19-23-14-20(3)15-27(23)25-12-8-9-13-26(25)28;1-6-4-2-3-5-6/h20-28H,4-19H2,1-3H3;6H,2-5H2,1H3. The van der Waals surface area contributed by atoms with Gasteiger partial charge in [-0.2, -0.15) is 0 Å². The molecule has 8 unspecified atom stereocenters. The van der Waals surface area contributed by atoms with E-state index in [-0.39, 0.29) is 0 Å². The van der Waals surface area contributed by atoms with E-state index in [4.69, 9.17) is 0 Å². The van der Waals surface area contributed by atoms with E-state index in [9.17, 15) is 0 Å². The summed E-state index contributed by atoms with van der Waals surface area (Å²) in [5.41, 5.74) is 0. The van der Waals surface area contributed by atoms with Gasteiger partial charge in [0.25, 0.3) is 0 Å². The lowest BCUT2D eigenvalue weighted by Crippen LogP contribution is -2.44. The number of rotatable bonds is 7. The average molecular weight is 471 g/mol. The van der Waals surface area contributed by atoms with E-state index in [1.807, 2.05) is 0 Å². The first-order valence-corrected chi connectivity index (χ1v) is 16.6. The van der Waals surface area contributed by atoms with E-state index < -0.39 is 0 Å².